The number of hydrazine groups is 1. The number of ether oxygens (including phenoxy) is 1. The number of anilines is 1. The van der Waals surface area contributed by atoms with E-state index in [0.717, 1.165) is 51.4 Å². The number of aryl methyl sites for hydroxylation is 1. The van der Waals surface area contributed by atoms with Gasteiger partial charge in [0.2, 0.25) is 0 Å². The fraction of sp³-hybridized carbons (Fsp3) is 0.250. The Hall–Kier alpha value is -3.80. The van der Waals surface area contributed by atoms with Crippen LogP contribution < -0.4 is 15.1 Å². The second kappa shape index (κ2) is 8.20. The molecule has 3 aromatic rings. The van der Waals surface area contributed by atoms with E-state index in [-0.39, 0.29) is 17.4 Å². The highest BCUT2D eigenvalue weighted by molar-refractivity contribution is 5.99. The molecular formula is C28H28FN3O2. The van der Waals surface area contributed by atoms with Crippen LogP contribution >= 0.6 is 0 Å². The number of halogens is 1. The number of carbonyl (C=O) groups excluding carboxylic acids is 1. The quantitative estimate of drug-likeness (QED) is 0.541. The average molecular weight is 458 g/mol. The predicted molar refractivity (Wildman–Crippen MR) is 133 cm³/mol. The molecule has 0 atom stereocenters. The van der Waals surface area contributed by atoms with Gasteiger partial charge in [-0.1, -0.05) is 42.0 Å². The number of hydrogen-bond donors (Lipinski definition) is 1. The van der Waals surface area contributed by atoms with Crippen LogP contribution in [0.25, 0.3) is 11.3 Å². The van der Waals surface area contributed by atoms with Crippen LogP contribution in [-0.4, -0.2) is 30.2 Å². The predicted octanol–water partition coefficient (Wildman–Crippen LogP) is 5.79. The van der Waals surface area contributed by atoms with Gasteiger partial charge in [-0.3, -0.25) is 10.3 Å². The molecule has 2 amide bonds. The molecule has 0 saturated heterocycles. The minimum absolute atomic E-state index is 0.181. The van der Waals surface area contributed by atoms with Crippen LogP contribution in [0.4, 0.5) is 14.9 Å². The standard InChI is InChI=1S/C28H28FN3O2/c1-18-5-7-20(8-6-18)26-24(19-9-11-22(29)12-10-19)17-32(30-26)27(33)31(4)23-13-14-25-21(15-23)16-28(2,3)34-25/h5-15,30H,16-17H2,1-4H3. The van der Waals surface area contributed by atoms with Gasteiger partial charge in [0.25, 0.3) is 0 Å². The van der Waals surface area contributed by atoms with Gasteiger partial charge >= 0.3 is 6.03 Å². The van der Waals surface area contributed by atoms with Crippen molar-refractivity contribution in [2.24, 2.45) is 0 Å². The highest BCUT2D eigenvalue weighted by atomic mass is 19.1. The molecule has 0 unspecified atom stereocenters. The largest absolute Gasteiger partial charge is 0.487 e. The Labute approximate surface area is 199 Å². The summed E-state index contributed by atoms with van der Waals surface area (Å²) >= 11 is 0. The zero-order chi connectivity index (χ0) is 24.0. The maximum absolute atomic E-state index is 13.6. The lowest BCUT2D eigenvalue weighted by atomic mass is 10.00. The number of nitrogens with zero attached hydrogens (tertiary/aromatic N) is 2. The van der Waals surface area contributed by atoms with E-state index < -0.39 is 0 Å². The molecule has 1 N–H and O–H groups in total. The number of rotatable bonds is 3. The van der Waals surface area contributed by atoms with Gasteiger partial charge in [0.15, 0.2) is 0 Å². The molecule has 0 aliphatic carbocycles. The summed E-state index contributed by atoms with van der Waals surface area (Å²) in [6.45, 7) is 6.52. The van der Waals surface area contributed by atoms with Crippen LogP contribution in [0.5, 0.6) is 5.75 Å². The van der Waals surface area contributed by atoms with Crippen molar-refractivity contribution in [1.29, 1.82) is 0 Å². The molecule has 0 radical (unpaired) electrons. The lowest BCUT2D eigenvalue weighted by Crippen LogP contribution is -2.45. The fourth-order valence-corrected chi connectivity index (χ4v) is 4.54. The summed E-state index contributed by atoms with van der Waals surface area (Å²) in [7, 11) is 1.77. The number of hydrogen-bond acceptors (Lipinski definition) is 3. The van der Waals surface area contributed by atoms with Gasteiger partial charge in [0.05, 0.1) is 12.2 Å². The van der Waals surface area contributed by atoms with Gasteiger partial charge in [-0.2, -0.15) is 0 Å². The van der Waals surface area contributed by atoms with Crippen molar-refractivity contribution in [2.75, 3.05) is 18.5 Å². The molecule has 0 bridgehead atoms. The summed E-state index contributed by atoms with van der Waals surface area (Å²) in [6.07, 6.45) is 0.800. The van der Waals surface area contributed by atoms with Crippen LogP contribution in [0, 0.1) is 12.7 Å². The van der Waals surface area contributed by atoms with E-state index in [1.165, 1.54) is 12.1 Å². The lowest BCUT2D eigenvalue weighted by molar-refractivity contribution is 0.138. The number of carbonyl (C=O) groups is 1. The molecule has 5 nitrogen and oxygen atoms in total. The Morgan fingerprint density at radius 1 is 1.03 bits per heavy atom. The van der Waals surface area contributed by atoms with Crippen molar-refractivity contribution in [3.8, 4) is 5.75 Å². The van der Waals surface area contributed by atoms with E-state index in [1.807, 2.05) is 49.4 Å². The summed E-state index contributed by atoms with van der Waals surface area (Å²) in [4.78, 5) is 15.1. The molecular weight excluding hydrogens is 429 g/mol. The minimum Gasteiger partial charge on any atom is -0.487 e. The number of fused-ring (bicyclic) bond motifs is 1. The number of nitrogens with one attached hydrogen (secondary N) is 1. The van der Waals surface area contributed by atoms with Crippen LogP contribution in [0.2, 0.25) is 0 Å². The third kappa shape index (κ3) is 4.12. The van der Waals surface area contributed by atoms with E-state index in [4.69, 9.17) is 4.74 Å². The summed E-state index contributed by atoms with van der Waals surface area (Å²) in [5.74, 6) is 0.583. The molecule has 34 heavy (non-hydrogen) atoms. The molecule has 6 heteroatoms. The zero-order valence-electron chi connectivity index (χ0n) is 19.9. The molecule has 0 aromatic heterocycles. The molecule has 5 rings (SSSR count). The first-order valence-corrected chi connectivity index (χ1v) is 11.4. The fourth-order valence-electron chi connectivity index (χ4n) is 4.54. The highest BCUT2D eigenvalue weighted by Crippen LogP contribution is 2.37. The van der Waals surface area contributed by atoms with Gasteiger partial charge in [-0.25, -0.2) is 14.2 Å². The van der Waals surface area contributed by atoms with Crippen molar-refractivity contribution in [3.05, 3.63) is 94.8 Å². The Balaban J connectivity index is 1.42. The number of benzene rings is 3. The van der Waals surface area contributed by atoms with Crippen molar-refractivity contribution in [2.45, 2.75) is 32.8 Å². The van der Waals surface area contributed by atoms with Crippen molar-refractivity contribution in [1.82, 2.24) is 10.4 Å². The zero-order valence-corrected chi connectivity index (χ0v) is 19.9. The average Bonchev–Trinajstić information content (AvgIpc) is 3.38. The second-order valence-corrected chi connectivity index (χ2v) is 9.60. The summed E-state index contributed by atoms with van der Waals surface area (Å²) in [5.41, 5.74) is 9.76. The SMILES string of the molecule is Cc1ccc(C2=C(c3ccc(F)cc3)CN(C(=O)N(C)c3ccc4c(c3)CC(C)(C)O4)N2)cc1. The molecule has 0 fully saturated rings. The maximum Gasteiger partial charge on any atom is 0.343 e. The summed E-state index contributed by atoms with van der Waals surface area (Å²) < 4.78 is 19.5. The monoisotopic (exact) mass is 457 g/mol. The van der Waals surface area contributed by atoms with E-state index in [0.29, 0.717) is 6.54 Å². The Morgan fingerprint density at radius 2 is 1.71 bits per heavy atom. The van der Waals surface area contributed by atoms with Crippen LogP contribution in [-0.2, 0) is 6.42 Å². The van der Waals surface area contributed by atoms with Crippen LogP contribution in [0.1, 0.15) is 36.1 Å². The molecule has 2 aliphatic heterocycles. The van der Waals surface area contributed by atoms with Gasteiger partial charge in [-0.15, -0.1) is 0 Å². The van der Waals surface area contributed by atoms with E-state index >= 15 is 0 Å². The van der Waals surface area contributed by atoms with Gasteiger partial charge in [0, 0.05) is 30.3 Å². The van der Waals surface area contributed by atoms with E-state index in [1.54, 1.807) is 29.1 Å². The molecule has 0 saturated carbocycles. The summed E-state index contributed by atoms with van der Waals surface area (Å²) in [6, 6.07) is 20.2. The molecule has 3 aromatic carbocycles. The third-order valence-corrected chi connectivity index (χ3v) is 6.35. The normalized spacial score (nSPS) is 16.2. The first-order chi connectivity index (χ1) is 16.2. The lowest BCUT2D eigenvalue weighted by Gasteiger charge is -2.26. The molecule has 174 valence electrons. The van der Waals surface area contributed by atoms with Crippen molar-refractivity contribution >= 4 is 23.0 Å². The second-order valence-electron chi connectivity index (χ2n) is 9.60. The smallest absolute Gasteiger partial charge is 0.343 e. The maximum atomic E-state index is 13.6. The Morgan fingerprint density at radius 3 is 2.41 bits per heavy atom. The minimum atomic E-state index is -0.288. The van der Waals surface area contributed by atoms with Gasteiger partial charge < -0.3 is 4.74 Å². The molecule has 2 heterocycles. The summed E-state index contributed by atoms with van der Waals surface area (Å²) in [5, 5.41) is 1.60. The van der Waals surface area contributed by atoms with Crippen molar-refractivity contribution < 1.29 is 13.9 Å². The first kappa shape index (κ1) is 22.0. The first-order valence-electron chi connectivity index (χ1n) is 11.4. The van der Waals surface area contributed by atoms with Crippen molar-refractivity contribution in [3.63, 3.8) is 0 Å². The van der Waals surface area contributed by atoms with Gasteiger partial charge in [-0.05, 0) is 62.2 Å². The Bertz CT molecular complexity index is 1220. The van der Waals surface area contributed by atoms with Crippen LogP contribution in [0.15, 0.2) is 66.7 Å². The topological polar surface area (TPSA) is 44.8 Å². The van der Waals surface area contributed by atoms with Crippen LogP contribution in [0.3, 0.4) is 0 Å². The van der Waals surface area contributed by atoms with E-state index in [2.05, 4.69) is 19.3 Å². The molecule has 2 aliphatic rings. The number of urea groups is 1. The number of amides is 2. The Kier molecular flexibility index (Phi) is 5.31. The van der Waals surface area contributed by atoms with E-state index in [9.17, 15) is 9.18 Å². The van der Waals surface area contributed by atoms with Gasteiger partial charge in [0.1, 0.15) is 17.2 Å². The highest BCUT2D eigenvalue weighted by Gasteiger charge is 2.32. The third-order valence-electron chi connectivity index (χ3n) is 6.35. The molecule has 0 spiro atoms.